The van der Waals surface area contributed by atoms with Crippen molar-refractivity contribution in [2.45, 2.75) is 13.8 Å². The predicted molar refractivity (Wildman–Crippen MR) is 133 cm³/mol. The highest BCUT2D eigenvalue weighted by Crippen LogP contribution is 2.32. The molecule has 0 aliphatic carbocycles. The summed E-state index contributed by atoms with van der Waals surface area (Å²) in [4.78, 5) is 12.7. The molecule has 0 spiro atoms. The summed E-state index contributed by atoms with van der Waals surface area (Å²) in [5.74, 6) is 0. The van der Waals surface area contributed by atoms with E-state index in [9.17, 15) is 0 Å². The molecule has 4 heterocycles. The molecule has 0 saturated carbocycles. The van der Waals surface area contributed by atoms with Crippen molar-refractivity contribution < 1.29 is 0 Å². The van der Waals surface area contributed by atoms with Gasteiger partial charge >= 0.3 is 0 Å². The summed E-state index contributed by atoms with van der Waals surface area (Å²) < 4.78 is 0. The summed E-state index contributed by atoms with van der Waals surface area (Å²) in [6, 6.07) is 10.1. The van der Waals surface area contributed by atoms with Gasteiger partial charge in [-0.1, -0.05) is 55.7 Å². The Morgan fingerprint density at radius 3 is 2.72 bits per heavy atom. The van der Waals surface area contributed by atoms with Gasteiger partial charge in [0.15, 0.2) is 0 Å². The van der Waals surface area contributed by atoms with Crippen LogP contribution in [0.5, 0.6) is 0 Å². The summed E-state index contributed by atoms with van der Waals surface area (Å²) >= 11 is 0. The van der Waals surface area contributed by atoms with Crippen LogP contribution in [0.15, 0.2) is 92.3 Å². The second-order valence-corrected chi connectivity index (χ2v) is 7.28. The minimum atomic E-state index is 0.781. The smallest absolute Gasteiger partial charge is 0.135 e. The van der Waals surface area contributed by atoms with E-state index < -0.39 is 0 Å². The van der Waals surface area contributed by atoms with E-state index >= 15 is 0 Å². The molecular weight excluding hydrogens is 394 g/mol. The molecule has 0 amide bonds. The lowest BCUT2D eigenvalue weighted by atomic mass is 9.99. The van der Waals surface area contributed by atoms with Gasteiger partial charge in [-0.2, -0.15) is 5.10 Å². The van der Waals surface area contributed by atoms with Crippen LogP contribution in [0.4, 0.5) is 0 Å². The molecule has 5 heteroatoms. The second-order valence-electron chi connectivity index (χ2n) is 7.28. The van der Waals surface area contributed by atoms with Gasteiger partial charge in [0.2, 0.25) is 0 Å². The fourth-order valence-electron chi connectivity index (χ4n) is 3.70. The zero-order chi connectivity index (χ0) is 22.5. The molecule has 5 nitrogen and oxygen atoms in total. The van der Waals surface area contributed by atoms with Crippen LogP contribution in [0, 0.1) is 6.92 Å². The third kappa shape index (κ3) is 4.01. The average molecular weight is 420 g/mol. The maximum atomic E-state index is 4.91. The van der Waals surface area contributed by atoms with Crippen LogP contribution < -0.4 is 0 Å². The molecule has 0 radical (unpaired) electrons. The van der Waals surface area contributed by atoms with Crippen molar-refractivity contribution in [1.82, 2.24) is 25.1 Å². The van der Waals surface area contributed by atoms with Crippen LogP contribution in [0.3, 0.4) is 0 Å². The first-order chi connectivity index (χ1) is 15.7. The lowest BCUT2D eigenvalue weighted by Gasteiger charge is -2.06. The molecule has 0 fully saturated rings. The minimum absolute atomic E-state index is 0.781. The van der Waals surface area contributed by atoms with Gasteiger partial charge in [-0.3, -0.25) is 10.1 Å². The first-order valence-electron chi connectivity index (χ1n) is 10.4. The van der Waals surface area contributed by atoms with E-state index in [4.69, 9.17) is 4.98 Å². The van der Waals surface area contributed by atoms with Crippen molar-refractivity contribution in [1.29, 1.82) is 0 Å². The van der Waals surface area contributed by atoms with Gasteiger partial charge in [-0.25, -0.2) is 4.98 Å². The van der Waals surface area contributed by atoms with E-state index in [1.54, 1.807) is 18.3 Å². The Hall–Kier alpha value is -4.25. The monoisotopic (exact) mass is 419 g/mol. The van der Waals surface area contributed by atoms with E-state index in [-0.39, 0.29) is 0 Å². The predicted octanol–water partition coefficient (Wildman–Crippen LogP) is 6.42. The molecule has 4 rings (SSSR count). The topological polar surface area (TPSA) is 70.2 Å². The van der Waals surface area contributed by atoms with E-state index in [0.717, 1.165) is 56.1 Å². The summed E-state index contributed by atoms with van der Waals surface area (Å²) in [6.07, 6.45) is 15.1. The summed E-state index contributed by atoms with van der Waals surface area (Å²) in [5, 5.41) is 7.66. The quantitative estimate of drug-likeness (QED) is 0.340. The number of hydrogen-bond donors (Lipinski definition) is 2. The molecule has 2 N–H and O–H groups in total. The molecule has 158 valence electrons. The number of aromatic amines is 2. The third-order valence-corrected chi connectivity index (χ3v) is 5.24. The summed E-state index contributed by atoms with van der Waals surface area (Å²) in [5.41, 5.74) is 9.47. The Morgan fingerprint density at radius 1 is 1.12 bits per heavy atom. The van der Waals surface area contributed by atoms with Crippen LogP contribution in [-0.2, 0) is 0 Å². The van der Waals surface area contributed by atoms with E-state index in [0.29, 0.717) is 0 Å². The number of fused-ring (bicyclic) bond motifs is 1. The summed E-state index contributed by atoms with van der Waals surface area (Å²) in [7, 11) is 0. The molecule has 4 aromatic heterocycles. The SMILES string of the molecule is C=C/C=C\C(=C/C)c1ccc2[nH]nc(-c3cc(/C(=C\C=C)c4cccnc4)c(C)[nH]3)c2n1. The van der Waals surface area contributed by atoms with E-state index in [2.05, 4.69) is 46.3 Å². The molecule has 0 bridgehead atoms. The first kappa shape index (κ1) is 21.0. The number of H-pyrrole nitrogens is 2. The molecule has 0 atom stereocenters. The van der Waals surface area contributed by atoms with Crippen molar-refractivity contribution in [3.05, 3.63) is 115 Å². The maximum Gasteiger partial charge on any atom is 0.135 e. The van der Waals surface area contributed by atoms with Crippen LogP contribution in [0.2, 0.25) is 0 Å². The van der Waals surface area contributed by atoms with Gasteiger partial charge in [0.25, 0.3) is 0 Å². The fourth-order valence-corrected chi connectivity index (χ4v) is 3.70. The largest absolute Gasteiger partial charge is 0.357 e. The molecule has 0 aliphatic heterocycles. The maximum absolute atomic E-state index is 4.91. The Labute approximate surface area is 187 Å². The number of nitrogens with zero attached hydrogens (tertiary/aromatic N) is 3. The molecule has 32 heavy (non-hydrogen) atoms. The number of hydrogen-bond acceptors (Lipinski definition) is 3. The van der Waals surface area contributed by atoms with Crippen molar-refractivity contribution in [3.63, 3.8) is 0 Å². The standard InChI is InChI=1S/C27H25N5/c1-5-8-11-19(7-3)23-13-14-24-26(30-23)27(32-31-24)25-16-22(18(4)29-25)21(10-6-2)20-12-9-15-28-17-20/h5-17,29H,1-2H2,3-4H3,(H,31,32)/b11-8-,19-7+,21-10-. The van der Waals surface area contributed by atoms with Gasteiger partial charge in [0, 0.05) is 29.2 Å². The van der Waals surface area contributed by atoms with Crippen LogP contribution in [0.1, 0.15) is 29.4 Å². The van der Waals surface area contributed by atoms with Crippen LogP contribution in [0.25, 0.3) is 33.6 Å². The molecule has 0 saturated heterocycles. The van der Waals surface area contributed by atoms with E-state index in [1.165, 1.54) is 0 Å². The number of rotatable bonds is 7. The zero-order valence-electron chi connectivity index (χ0n) is 18.3. The first-order valence-corrected chi connectivity index (χ1v) is 10.4. The number of allylic oxidation sites excluding steroid dienone is 7. The van der Waals surface area contributed by atoms with Crippen molar-refractivity contribution >= 4 is 22.2 Å². The van der Waals surface area contributed by atoms with Gasteiger partial charge in [0.05, 0.1) is 16.9 Å². The van der Waals surface area contributed by atoms with Gasteiger partial charge in [0.1, 0.15) is 11.2 Å². The Balaban J connectivity index is 1.81. The van der Waals surface area contributed by atoms with Crippen LogP contribution in [-0.4, -0.2) is 25.1 Å². The fraction of sp³-hybridized carbons (Fsp3) is 0.0741. The average Bonchev–Trinajstić information content (AvgIpc) is 3.41. The second kappa shape index (κ2) is 9.27. The van der Waals surface area contributed by atoms with Crippen molar-refractivity contribution in [2.75, 3.05) is 0 Å². The molecule has 0 aliphatic rings. The molecule has 0 aromatic carbocycles. The number of aromatic nitrogens is 5. The highest BCUT2D eigenvalue weighted by molar-refractivity contribution is 5.92. The Bertz CT molecular complexity index is 1360. The molecule has 0 unspecified atom stereocenters. The molecule has 4 aromatic rings. The summed E-state index contributed by atoms with van der Waals surface area (Å²) in [6.45, 7) is 11.7. The lowest BCUT2D eigenvalue weighted by Crippen LogP contribution is -1.89. The van der Waals surface area contributed by atoms with Gasteiger partial charge in [-0.15, -0.1) is 0 Å². The Morgan fingerprint density at radius 2 is 2.00 bits per heavy atom. The zero-order valence-corrected chi connectivity index (χ0v) is 18.3. The molecular formula is C27H25N5. The number of aryl methyl sites for hydroxylation is 1. The Kier molecular flexibility index (Phi) is 6.08. The van der Waals surface area contributed by atoms with Gasteiger partial charge < -0.3 is 4.98 Å². The van der Waals surface area contributed by atoms with Crippen molar-refractivity contribution in [3.8, 4) is 11.4 Å². The highest BCUT2D eigenvalue weighted by atomic mass is 15.1. The highest BCUT2D eigenvalue weighted by Gasteiger charge is 2.17. The van der Waals surface area contributed by atoms with Gasteiger partial charge in [-0.05, 0) is 49.3 Å². The van der Waals surface area contributed by atoms with E-state index in [1.807, 2.05) is 61.7 Å². The number of nitrogens with one attached hydrogen (secondary N) is 2. The lowest BCUT2D eigenvalue weighted by molar-refractivity contribution is 1.11. The normalized spacial score (nSPS) is 12.6. The minimum Gasteiger partial charge on any atom is -0.357 e. The van der Waals surface area contributed by atoms with Crippen molar-refractivity contribution in [2.24, 2.45) is 0 Å². The number of pyridine rings is 2. The van der Waals surface area contributed by atoms with Crippen LogP contribution >= 0.6 is 0 Å². The third-order valence-electron chi connectivity index (χ3n) is 5.24.